The van der Waals surface area contributed by atoms with Crippen molar-refractivity contribution in [3.63, 3.8) is 0 Å². The first-order valence-corrected chi connectivity index (χ1v) is 6.54. The number of dihydropyridines is 1. The van der Waals surface area contributed by atoms with Gasteiger partial charge in [-0.3, -0.25) is 4.79 Å². The lowest BCUT2D eigenvalue weighted by molar-refractivity contribution is -0.113. The van der Waals surface area contributed by atoms with Gasteiger partial charge < -0.3 is 5.73 Å². The normalized spacial score (nSPS) is 21.4. The average molecular weight is 281 g/mol. The number of nitrogens with two attached hydrogens (primary N) is 1. The Bertz CT molecular complexity index is 473. The summed E-state index contributed by atoms with van der Waals surface area (Å²) < 4.78 is 0. The zero-order chi connectivity index (χ0) is 13.1. The van der Waals surface area contributed by atoms with E-state index in [1.807, 2.05) is 6.08 Å². The lowest BCUT2D eigenvalue weighted by Gasteiger charge is -2.22. The number of amides is 1. The summed E-state index contributed by atoms with van der Waals surface area (Å²) in [5, 5.41) is 0. The topological polar surface area (TPSA) is 55.5 Å². The second kappa shape index (κ2) is 6.83. The smallest absolute Gasteiger partial charge is 0.270 e. The molecule has 1 aliphatic carbocycles. The Balaban J connectivity index is 0.00000180. The van der Waals surface area contributed by atoms with Crippen LogP contribution in [-0.2, 0) is 4.79 Å². The van der Waals surface area contributed by atoms with Crippen LogP contribution in [0.5, 0.6) is 0 Å². The lowest BCUT2D eigenvalue weighted by Crippen LogP contribution is -2.18. The van der Waals surface area contributed by atoms with E-state index in [1.54, 1.807) is 6.08 Å². The molecule has 19 heavy (non-hydrogen) atoms. The Labute approximate surface area is 120 Å². The standard InChI is InChI=1S/C15H20N2O.ClH/c1-10(2)7-12-9-15(18)17-14-4-3-11(5-6-16)8-13(12)14;/h3-4,8-11H,5-7,16H2,1-2H3;1H. The lowest BCUT2D eigenvalue weighted by atomic mass is 9.84. The first kappa shape index (κ1) is 15.9. The van der Waals surface area contributed by atoms with Gasteiger partial charge in [-0.25, -0.2) is 4.99 Å². The van der Waals surface area contributed by atoms with Gasteiger partial charge >= 0.3 is 0 Å². The maximum Gasteiger partial charge on any atom is 0.270 e. The molecule has 1 heterocycles. The maximum absolute atomic E-state index is 11.6. The molecule has 3 nitrogen and oxygen atoms in total. The molecule has 1 aliphatic heterocycles. The van der Waals surface area contributed by atoms with Gasteiger partial charge in [-0.05, 0) is 42.9 Å². The molecule has 1 unspecified atom stereocenters. The van der Waals surface area contributed by atoms with Crippen molar-refractivity contribution in [2.75, 3.05) is 6.54 Å². The van der Waals surface area contributed by atoms with Crippen molar-refractivity contribution in [1.82, 2.24) is 0 Å². The van der Waals surface area contributed by atoms with Crippen LogP contribution in [0.15, 0.2) is 40.4 Å². The number of rotatable bonds is 4. The third-order valence-electron chi connectivity index (χ3n) is 3.16. The Morgan fingerprint density at radius 3 is 2.79 bits per heavy atom. The molecule has 104 valence electrons. The van der Waals surface area contributed by atoms with Crippen LogP contribution in [0.25, 0.3) is 0 Å². The fourth-order valence-electron chi connectivity index (χ4n) is 2.39. The molecule has 0 aromatic rings. The van der Waals surface area contributed by atoms with Crippen LogP contribution in [0.4, 0.5) is 0 Å². The van der Waals surface area contributed by atoms with Gasteiger partial charge in [0.2, 0.25) is 0 Å². The third kappa shape index (κ3) is 3.88. The molecular formula is C15H21ClN2O. The largest absolute Gasteiger partial charge is 0.330 e. The van der Waals surface area contributed by atoms with Gasteiger partial charge in [-0.2, -0.15) is 0 Å². The predicted octanol–water partition coefficient (Wildman–Crippen LogP) is 2.82. The molecule has 4 heteroatoms. The molecule has 0 fully saturated rings. The van der Waals surface area contributed by atoms with E-state index in [0.29, 0.717) is 18.4 Å². The number of carbonyl (C=O) groups excluding carboxylic acids is 1. The molecule has 0 aromatic carbocycles. The van der Waals surface area contributed by atoms with E-state index in [9.17, 15) is 4.79 Å². The number of carbonyl (C=O) groups is 1. The summed E-state index contributed by atoms with van der Waals surface area (Å²) in [6.45, 7) is 4.99. The van der Waals surface area contributed by atoms with Gasteiger partial charge in [-0.1, -0.05) is 26.0 Å². The molecule has 2 N–H and O–H groups in total. The van der Waals surface area contributed by atoms with Crippen LogP contribution in [0.1, 0.15) is 26.7 Å². The minimum atomic E-state index is -0.139. The number of fused-ring (bicyclic) bond motifs is 1. The van der Waals surface area contributed by atoms with Crippen LogP contribution >= 0.6 is 12.4 Å². The summed E-state index contributed by atoms with van der Waals surface area (Å²) >= 11 is 0. The van der Waals surface area contributed by atoms with E-state index >= 15 is 0 Å². The molecule has 1 amide bonds. The van der Waals surface area contributed by atoms with E-state index in [-0.39, 0.29) is 18.3 Å². The number of hydrogen-bond donors (Lipinski definition) is 1. The molecule has 2 rings (SSSR count). The van der Waals surface area contributed by atoms with E-state index in [0.717, 1.165) is 29.7 Å². The summed E-state index contributed by atoms with van der Waals surface area (Å²) in [4.78, 5) is 15.6. The minimum Gasteiger partial charge on any atom is -0.330 e. The Morgan fingerprint density at radius 1 is 1.42 bits per heavy atom. The summed E-state index contributed by atoms with van der Waals surface area (Å²) in [6.07, 6.45) is 9.78. The van der Waals surface area contributed by atoms with E-state index in [1.165, 1.54) is 0 Å². The van der Waals surface area contributed by atoms with Gasteiger partial charge in [0.05, 0.1) is 5.71 Å². The van der Waals surface area contributed by atoms with Gasteiger partial charge in [0, 0.05) is 11.6 Å². The van der Waals surface area contributed by atoms with Gasteiger partial charge in [0.15, 0.2) is 0 Å². The van der Waals surface area contributed by atoms with Crippen LogP contribution < -0.4 is 5.73 Å². The third-order valence-corrected chi connectivity index (χ3v) is 3.16. The van der Waals surface area contributed by atoms with Crippen molar-refractivity contribution in [3.8, 4) is 0 Å². The first-order chi connectivity index (χ1) is 8.60. The number of nitrogens with zero attached hydrogens (tertiary/aromatic N) is 1. The van der Waals surface area contributed by atoms with Crippen molar-refractivity contribution < 1.29 is 4.79 Å². The van der Waals surface area contributed by atoms with Gasteiger partial charge in [-0.15, -0.1) is 12.4 Å². The Morgan fingerprint density at radius 2 is 2.16 bits per heavy atom. The zero-order valence-electron chi connectivity index (χ0n) is 11.4. The van der Waals surface area contributed by atoms with Crippen molar-refractivity contribution >= 4 is 24.0 Å². The molecule has 0 bridgehead atoms. The van der Waals surface area contributed by atoms with Gasteiger partial charge in [0.25, 0.3) is 5.91 Å². The highest BCUT2D eigenvalue weighted by atomic mass is 35.5. The van der Waals surface area contributed by atoms with Crippen LogP contribution in [0.3, 0.4) is 0 Å². The summed E-state index contributed by atoms with van der Waals surface area (Å²) in [5.41, 5.74) is 8.66. The zero-order valence-corrected chi connectivity index (χ0v) is 12.2. The maximum atomic E-state index is 11.6. The van der Waals surface area contributed by atoms with Crippen LogP contribution in [0, 0.1) is 11.8 Å². The van der Waals surface area contributed by atoms with E-state index in [2.05, 4.69) is 31.0 Å². The number of allylic oxidation sites excluding steroid dienone is 5. The highest BCUT2D eigenvalue weighted by Gasteiger charge is 2.22. The molecule has 0 aromatic heterocycles. The fourth-order valence-corrected chi connectivity index (χ4v) is 2.39. The predicted molar refractivity (Wildman–Crippen MR) is 81.6 cm³/mol. The van der Waals surface area contributed by atoms with Crippen molar-refractivity contribution in [2.45, 2.75) is 26.7 Å². The second-order valence-electron chi connectivity index (χ2n) is 5.28. The van der Waals surface area contributed by atoms with Crippen LogP contribution in [0.2, 0.25) is 0 Å². The Kier molecular flexibility index (Phi) is 5.70. The monoisotopic (exact) mass is 280 g/mol. The van der Waals surface area contributed by atoms with Crippen LogP contribution in [-0.4, -0.2) is 18.2 Å². The molecule has 0 radical (unpaired) electrons. The highest BCUT2D eigenvalue weighted by molar-refractivity contribution is 6.20. The quantitative estimate of drug-likeness (QED) is 0.861. The fraction of sp³-hybridized carbons (Fsp3) is 0.467. The molecule has 0 saturated heterocycles. The number of halogens is 1. The summed E-state index contributed by atoms with van der Waals surface area (Å²) in [5.74, 6) is 0.760. The summed E-state index contributed by atoms with van der Waals surface area (Å²) in [6, 6.07) is 0. The first-order valence-electron chi connectivity index (χ1n) is 6.54. The molecular weight excluding hydrogens is 260 g/mol. The van der Waals surface area contributed by atoms with E-state index in [4.69, 9.17) is 5.73 Å². The van der Waals surface area contributed by atoms with Gasteiger partial charge in [0.1, 0.15) is 0 Å². The minimum absolute atomic E-state index is 0. The number of hydrogen-bond acceptors (Lipinski definition) is 2. The SMILES string of the molecule is CC(C)CC1=CC(=O)N=C2C=CC(CCN)C=C12.Cl. The van der Waals surface area contributed by atoms with E-state index < -0.39 is 0 Å². The molecule has 0 spiro atoms. The van der Waals surface area contributed by atoms with Crippen molar-refractivity contribution in [3.05, 3.63) is 35.5 Å². The summed E-state index contributed by atoms with van der Waals surface area (Å²) in [7, 11) is 0. The average Bonchev–Trinajstić information content (AvgIpc) is 2.29. The van der Waals surface area contributed by atoms with Crippen molar-refractivity contribution in [2.24, 2.45) is 22.6 Å². The molecule has 2 aliphatic rings. The molecule has 1 atom stereocenters. The molecule has 0 saturated carbocycles. The number of aliphatic imine (C=N–C) groups is 1. The second-order valence-corrected chi connectivity index (χ2v) is 5.28. The van der Waals surface area contributed by atoms with Crippen molar-refractivity contribution in [1.29, 1.82) is 0 Å². The highest BCUT2D eigenvalue weighted by Crippen LogP contribution is 2.29. The Hall–Kier alpha value is -1.19.